The minimum atomic E-state index is -0.299. The van der Waals surface area contributed by atoms with Crippen LogP contribution in [0.2, 0.25) is 0 Å². The van der Waals surface area contributed by atoms with E-state index in [0.717, 1.165) is 16.8 Å². The van der Waals surface area contributed by atoms with Gasteiger partial charge < -0.3 is 15.5 Å². The molecule has 0 aliphatic rings. The Labute approximate surface area is 229 Å². The van der Waals surface area contributed by atoms with Crippen LogP contribution in [0.3, 0.4) is 0 Å². The zero-order chi connectivity index (χ0) is 27.5. The number of hydrogen-bond acceptors (Lipinski definition) is 5. The van der Waals surface area contributed by atoms with Gasteiger partial charge in [0.1, 0.15) is 0 Å². The first-order valence-corrected chi connectivity index (χ1v) is 12.9. The second-order valence-electron chi connectivity index (χ2n) is 9.31. The Hall–Kier alpha value is -4.78. The van der Waals surface area contributed by atoms with Crippen molar-refractivity contribution < 1.29 is 9.59 Å². The van der Waals surface area contributed by atoms with E-state index in [1.165, 1.54) is 0 Å². The predicted molar refractivity (Wildman–Crippen MR) is 156 cm³/mol. The van der Waals surface area contributed by atoms with Crippen molar-refractivity contribution >= 4 is 28.9 Å². The van der Waals surface area contributed by atoms with Crippen molar-refractivity contribution in [2.24, 2.45) is 10.2 Å². The molecule has 0 saturated carbocycles. The first-order valence-electron chi connectivity index (χ1n) is 12.9. The van der Waals surface area contributed by atoms with E-state index in [-0.39, 0.29) is 30.7 Å². The minimum absolute atomic E-state index is 0.0438. The minimum Gasteiger partial charge on any atom is -0.378 e. The summed E-state index contributed by atoms with van der Waals surface area (Å²) in [7, 11) is 3.95. The molecule has 7 heteroatoms. The largest absolute Gasteiger partial charge is 0.378 e. The van der Waals surface area contributed by atoms with Crippen LogP contribution in [0.1, 0.15) is 33.8 Å². The van der Waals surface area contributed by atoms with Gasteiger partial charge in [-0.15, -0.1) is 5.11 Å². The van der Waals surface area contributed by atoms with Gasteiger partial charge in [0.15, 0.2) is 0 Å². The van der Waals surface area contributed by atoms with Gasteiger partial charge >= 0.3 is 0 Å². The summed E-state index contributed by atoms with van der Waals surface area (Å²) in [5.74, 6) is -0.379. The molecule has 4 aromatic carbocycles. The van der Waals surface area contributed by atoms with Crippen LogP contribution >= 0.6 is 0 Å². The molecule has 198 valence electrons. The van der Waals surface area contributed by atoms with Crippen LogP contribution in [0.25, 0.3) is 0 Å². The van der Waals surface area contributed by atoms with Crippen molar-refractivity contribution in [3.05, 3.63) is 126 Å². The Morgan fingerprint density at radius 3 is 1.92 bits per heavy atom. The standard InChI is InChI=1S/C32H33N5O2/c1-37(2)27-19-17-26(18-20-27)35-36-30-16-10-9-15-28(30)32(39)33-22-21-31(38)34-23-29(24-11-5-3-6-12-24)25-13-7-4-8-14-25/h3-20,29H,21-23H2,1-2H3,(H,33,39)(H,34,38). The number of amides is 2. The highest BCUT2D eigenvalue weighted by atomic mass is 16.2. The number of anilines is 1. The Kier molecular flexibility index (Phi) is 9.56. The molecule has 0 atom stereocenters. The van der Waals surface area contributed by atoms with E-state index < -0.39 is 0 Å². The maximum atomic E-state index is 12.9. The van der Waals surface area contributed by atoms with Crippen LogP contribution < -0.4 is 15.5 Å². The first-order chi connectivity index (χ1) is 19.0. The highest BCUT2D eigenvalue weighted by Gasteiger charge is 2.16. The summed E-state index contributed by atoms with van der Waals surface area (Å²) in [6, 6.07) is 34.9. The third-order valence-corrected chi connectivity index (χ3v) is 6.33. The van der Waals surface area contributed by atoms with Gasteiger partial charge in [0, 0.05) is 45.2 Å². The van der Waals surface area contributed by atoms with Gasteiger partial charge in [-0.1, -0.05) is 72.8 Å². The lowest BCUT2D eigenvalue weighted by Crippen LogP contribution is -2.33. The maximum absolute atomic E-state index is 12.9. The van der Waals surface area contributed by atoms with Crippen LogP contribution in [0.15, 0.2) is 119 Å². The van der Waals surface area contributed by atoms with E-state index in [0.29, 0.717) is 23.5 Å². The molecule has 0 aliphatic carbocycles. The average molecular weight is 520 g/mol. The number of carbonyl (C=O) groups is 2. The number of rotatable bonds is 11. The molecule has 0 aliphatic heterocycles. The van der Waals surface area contributed by atoms with E-state index >= 15 is 0 Å². The summed E-state index contributed by atoms with van der Waals surface area (Å²) < 4.78 is 0. The number of benzene rings is 4. The summed E-state index contributed by atoms with van der Waals surface area (Å²) in [6.45, 7) is 0.684. The average Bonchev–Trinajstić information content (AvgIpc) is 2.97. The highest BCUT2D eigenvalue weighted by Crippen LogP contribution is 2.25. The predicted octanol–water partition coefficient (Wildman–Crippen LogP) is 6.24. The lowest BCUT2D eigenvalue weighted by Gasteiger charge is -2.19. The van der Waals surface area contributed by atoms with Gasteiger partial charge in [-0.2, -0.15) is 5.11 Å². The highest BCUT2D eigenvalue weighted by molar-refractivity contribution is 5.99. The molecule has 4 rings (SSSR count). The quantitative estimate of drug-likeness (QED) is 0.230. The third-order valence-electron chi connectivity index (χ3n) is 6.33. The topological polar surface area (TPSA) is 86.2 Å². The molecule has 0 spiro atoms. The van der Waals surface area contributed by atoms with Crippen LogP contribution in [-0.4, -0.2) is 39.0 Å². The van der Waals surface area contributed by atoms with Gasteiger partial charge in [0.2, 0.25) is 5.91 Å². The fraction of sp³-hybridized carbons (Fsp3) is 0.188. The van der Waals surface area contributed by atoms with Gasteiger partial charge in [-0.25, -0.2) is 0 Å². The van der Waals surface area contributed by atoms with Gasteiger partial charge in [-0.3, -0.25) is 9.59 Å². The van der Waals surface area contributed by atoms with Crippen LogP contribution in [-0.2, 0) is 4.79 Å². The number of nitrogens with one attached hydrogen (secondary N) is 2. The molecule has 0 bridgehead atoms. The molecule has 4 aromatic rings. The zero-order valence-electron chi connectivity index (χ0n) is 22.2. The normalized spacial score (nSPS) is 10.9. The summed E-state index contributed by atoms with van der Waals surface area (Å²) in [4.78, 5) is 27.5. The third kappa shape index (κ3) is 7.85. The second kappa shape index (κ2) is 13.7. The van der Waals surface area contributed by atoms with E-state index in [1.807, 2.05) is 85.7 Å². The number of hydrogen-bond donors (Lipinski definition) is 2. The van der Waals surface area contributed by atoms with Crippen LogP contribution in [0.5, 0.6) is 0 Å². The van der Waals surface area contributed by atoms with Crippen molar-refractivity contribution in [2.45, 2.75) is 12.3 Å². The molecule has 7 nitrogen and oxygen atoms in total. The summed E-state index contributed by atoms with van der Waals surface area (Å²) >= 11 is 0. The molecule has 0 aromatic heterocycles. The van der Waals surface area contributed by atoms with E-state index in [2.05, 4.69) is 45.1 Å². The van der Waals surface area contributed by atoms with Crippen molar-refractivity contribution in [3.63, 3.8) is 0 Å². The summed E-state index contributed by atoms with van der Waals surface area (Å²) in [5, 5.41) is 14.4. The fourth-order valence-electron chi connectivity index (χ4n) is 4.17. The smallest absolute Gasteiger partial charge is 0.253 e. The van der Waals surface area contributed by atoms with Gasteiger partial charge in [0.05, 0.1) is 16.9 Å². The number of nitrogens with zero attached hydrogens (tertiary/aromatic N) is 3. The van der Waals surface area contributed by atoms with Crippen LogP contribution in [0.4, 0.5) is 17.1 Å². The lowest BCUT2D eigenvalue weighted by molar-refractivity contribution is -0.120. The Bertz CT molecular complexity index is 1350. The molecular weight excluding hydrogens is 486 g/mol. The Morgan fingerprint density at radius 2 is 1.31 bits per heavy atom. The number of carbonyl (C=O) groups excluding carboxylic acids is 2. The second-order valence-corrected chi connectivity index (χ2v) is 9.31. The van der Waals surface area contributed by atoms with Crippen LogP contribution in [0, 0.1) is 0 Å². The summed E-state index contributed by atoms with van der Waals surface area (Å²) in [6.07, 6.45) is 0.171. The Morgan fingerprint density at radius 1 is 0.718 bits per heavy atom. The van der Waals surface area contributed by atoms with Crippen molar-refractivity contribution in [3.8, 4) is 0 Å². The van der Waals surface area contributed by atoms with Gasteiger partial charge in [-0.05, 0) is 47.5 Å². The summed E-state index contributed by atoms with van der Waals surface area (Å²) in [5.41, 5.74) is 4.89. The maximum Gasteiger partial charge on any atom is 0.253 e. The van der Waals surface area contributed by atoms with Crippen molar-refractivity contribution in [2.75, 3.05) is 32.1 Å². The first kappa shape index (κ1) is 27.3. The monoisotopic (exact) mass is 519 g/mol. The molecule has 2 amide bonds. The molecule has 0 saturated heterocycles. The zero-order valence-corrected chi connectivity index (χ0v) is 22.2. The van der Waals surface area contributed by atoms with E-state index in [9.17, 15) is 9.59 Å². The molecular formula is C32H33N5O2. The molecule has 39 heavy (non-hydrogen) atoms. The number of azo groups is 1. The van der Waals surface area contributed by atoms with E-state index in [1.54, 1.807) is 18.2 Å². The fourth-order valence-corrected chi connectivity index (χ4v) is 4.17. The van der Waals surface area contributed by atoms with Crippen molar-refractivity contribution in [1.29, 1.82) is 0 Å². The molecule has 0 fully saturated rings. The molecule has 2 N–H and O–H groups in total. The molecule has 0 heterocycles. The SMILES string of the molecule is CN(C)c1ccc(N=Nc2ccccc2C(=O)NCCC(=O)NCC(c2ccccc2)c2ccccc2)cc1. The molecule has 0 unspecified atom stereocenters. The van der Waals surface area contributed by atoms with Crippen molar-refractivity contribution in [1.82, 2.24) is 10.6 Å². The molecule has 0 radical (unpaired) electrons. The Balaban J connectivity index is 1.31. The lowest BCUT2D eigenvalue weighted by atomic mass is 9.91. The van der Waals surface area contributed by atoms with Gasteiger partial charge in [0.25, 0.3) is 5.91 Å². The van der Waals surface area contributed by atoms with E-state index in [4.69, 9.17) is 0 Å².